The second-order valence-electron chi connectivity index (χ2n) is 7.08. The molecule has 0 aliphatic carbocycles. The molecule has 0 saturated carbocycles. The predicted molar refractivity (Wildman–Crippen MR) is 123 cm³/mol. The van der Waals surface area contributed by atoms with Gasteiger partial charge in [0.15, 0.2) is 0 Å². The molecule has 5 heteroatoms. The molecule has 4 nitrogen and oxygen atoms in total. The minimum absolute atomic E-state index is 0.396. The van der Waals surface area contributed by atoms with Gasteiger partial charge in [-0.15, -0.1) is 0 Å². The fourth-order valence-corrected chi connectivity index (χ4v) is 6.02. The Bertz CT molecular complexity index is 1060. The first-order chi connectivity index (χ1) is 14.7. The Labute approximate surface area is 177 Å². The van der Waals surface area contributed by atoms with Crippen LogP contribution in [0.25, 0.3) is 0 Å². The first-order valence-corrected chi connectivity index (χ1v) is 11.6. The third-order valence-electron chi connectivity index (χ3n) is 5.11. The van der Waals surface area contributed by atoms with E-state index in [2.05, 4.69) is 10.1 Å². The summed E-state index contributed by atoms with van der Waals surface area (Å²) >= 11 is 0. The third-order valence-corrected chi connectivity index (χ3v) is 7.80. The summed E-state index contributed by atoms with van der Waals surface area (Å²) in [5.41, 5.74) is 8.39. The molecular weight excluding hydrogens is 389 g/mol. The monoisotopic (exact) mass is 413 g/mol. The number of hydrogen-bond donors (Lipinski definition) is 2. The summed E-state index contributed by atoms with van der Waals surface area (Å²) in [7, 11) is -3.18. The number of benzene rings is 3. The summed E-state index contributed by atoms with van der Waals surface area (Å²) in [6, 6.07) is 33.8. The summed E-state index contributed by atoms with van der Waals surface area (Å²) in [4.78, 5) is 4.45. The third kappa shape index (κ3) is 4.27. The molecule has 0 fully saturated rings. The molecule has 30 heavy (non-hydrogen) atoms. The van der Waals surface area contributed by atoms with Crippen molar-refractivity contribution in [1.82, 2.24) is 10.1 Å². The van der Waals surface area contributed by atoms with Gasteiger partial charge in [0.1, 0.15) is 0 Å². The van der Waals surface area contributed by atoms with Gasteiger partial charge in [-0.2, -0.15) is 0 Å². The molecule has 0 spiro atoms. The van der Waals surface area contributed by atoms with Gasteiger partial charge in [0, 0.05) is 16.8 Å². The van der Waals surface area contributed by atoms with Gasteiger partial charge >= 0.3 is 0 Å². The van der Waals surface area contributed by atoms with Gasteiger partial charge in [0.25, 0.3) is 0 Å². The van der Waals surface area contributed by atoms with E-state index in [9.17, 15) is 4.57 Å². The van der Waals surface area contributed by atoms with Crippen LogP contribution < -0.4 is 21.4 Å². The molecule has 3 N–H and O–H groups in total. The summed E-state index contributed by atoms with van der Waals surface area (Å²) < 4.78 is 14.5. The van der Waals surface area contributed by atoms with E-state index in [1.165, 1.54) is 0 Å². The van der Waals surface area contributed by atoms with Crippen molar-refractivity contribution in [3.63, 3.8) is 0 Å². The normalized spacial score (nSPS) is 13.5. The molecule has 0 unspecified atom stereocenters. The molecule has 0 radical (unpaired) electrons. The second-order valence-corrected chi connectivity index (χ2v) is 9.59. The largest absolute Gasteiger partial charge is 0.321 e. The lowest BCUT2D eigenvalue weighted by Gasteiger charge is -2.31. The summed E-state index contributed by atoms with van der Waals surface area (Å²) in [6.07, 6.45) is 1.73. The number of nitrogens with zero attached hydrogens (tertiary/aromatic N) is 1. The number of nitrogens with one attached hydrogen (secondary N) is 1. The number of nitrogens with two attached hydrogens (primary N) is 1. The van der Waals surface area contributed by atoms with Gasteiger partial charge in [-0.3, -0.25) is 14.6 Å². The van der Waals surface area contributed by atoms with Crippen LogP contribution in [-0.4, -0.2) is 4.98 Å². The van der Waals surface area contributed by atoms with E-state index in [1.54, 1.807) is 6.20 Å². The van der Waals surface area contributed by atoms with Gasteiger partial charge in [0.05, 0.1) is 17.8 Å². The second kappa shape index (κ2) is 9.19. The van der Waals surface area contributed by atoms with Crippen molar-refractivity contribution in [2.75, 3.05) is 0 Å². The minimum atomic E-state index is -3.18. The van der Waals surface area contributed by atoms with Gasteiger partial charge < -0.3 is 5.73 Å². The highest BCUT2D eigenvalue weighted by atomic mass is 31.2. The van der Waals surface area contributed by atoms with Gasteiger partial charge in [0.2, 0.25) is 7.29 Å². The van der Waals surface area contributed by atoms with Gasteiger partial charge in [-0.1, -0.05) is 72.8 Å². The van der Waals surface area contributed by atoms with Crippen molar-refractivity contribution >= 4 is 17.9 Å². The molecule has 150 valence electrons. The maximum Gasteiger partial charge on any atom is 0.205 e. The zero-order valence-corrected chi connectivity index (χ0v) is 17.4. The lowest BCUT2D eigenvalue weighted by molar-refractivity contribution is 0.503. The molecule has 2 atom stereocenters. The molecule has 4 aromatic rings. The Morgan fingerprint density at radius 1 is 0.700 bits per heavy atom. The number of rotatable bonds is 7. The van der Waals surface area contributed by atoms with Crippen molar-refractivity contribution in [2.45, 2.75) is 12.1 Å². The van der Waals surface area contributed by atoms with E-state index < -0.39 is 19.4 Å². The molecule has 4 rings (SSSR count). The predicted octanol–water partition coefficient (Wildman–Crippen LogP) is 4.34. The summed E-state index contributed by atoms with van der Waals surface area (Å²) in [5.74, 6) is 0. The van der Waals surface area contributed by atoms with Gasteiger partial charge in [-0.05, 0) is 42.0 Å². The summed E-state index contributed by atoms with van der Waals surface area (Å²) in [5, 5.41) is 4.95. The fraction of sp³-hybridized carbons (Fsp3) is 0.0800. The van der Waals surface area contributed by atoms with Gasteiger partial charge in [-0.25, -0.2) is 0 Å². The van der Waals surface area contributed by atoms with Crippen LogP contribution in [0.1, 0.15) is 23.3 Å². The van der Waals surface area contributed by atoms with Crippen molar-refractivity contribution in [3.8, 4) is 0 Å². The van der Waals surface area contributed by atoms with Crippen molar-refractivity contribution in [2.24, 2.45) is 5.73 Å². The van der Waals surface area contributed by atoms with E-state index in [4.69, 9.17) is 5.73 Å². The van der Waals surface area contributed by atoms with E-state index in [0.717, 1.165) is 21.9 Å². The van der Waals surface area contributed by atoms with Crippen LogP contribution in [0.15, 0.2) is 115 Å². The number of pyridine rings is 1. The highest BCUT2D eigenvalue weighted by Crippen LogP contribution is 2.44. The first-order valence-electron chi connectivity index (χ1n) is 9.89. The topological polar surface area (TPSA) is 68.0 Å². The molecule has 3 aromatic carbocycles. The first kappa shape index (κ1) is 20.2. The van der Waals surface area contributed by atoms with E-state index >= 15 is 0 Å². The Morgan fingerprint density at radius 3 is 1.70 bits per heavy atom. The van der Waals surface area contributed by atoms with E-state index in [-0.39, 0.29) is 0 Å². The maximum atomic E-state index is 14.5. The minimum Gasteiger partial charge on any atom is -0.321 e. The lowest BCUT2D eigenvalue weighted by atomic mass is 9.98. The van der Waals surface area contributed by atoms with Crippen molar-refractivity contribution in [1.29, 1.82) is 0 Å². The molecule has 1 heterocycles. The zero-order chi connectivity index (χ0) is 20.8. The van der Waals surface area contributed by atoms with Crippen LogP contribution in [0.4, 0.5) is 0 Å². The molecule has 0 aliphatic rings. The van der Waals surface area contributed by atoms with Crippen LogP contribution in [0.2, 0.25) is 0 Å². The number of aromatic nitrogens is 1. The van der Waals surface area contributed by atoms with E-state index in [1.807, 2.05) is 109 Å². The van der Waals surface area contributed by atoms with Crippen LogP contribution in [-0.2, 0) is 4.57 Å². The zero-order valence-electron chi connectivity index (χ0n) is 16.5. The van der Waals surface area contributed by atoms with Crippen LogP contribution in [0, 0.1) is 0 Å². The number of hydrogen-bond acceptors (Lipinski definition) is 3. The molecule has 0 amide bonds. The lowest BCUT2D eigenvalue weighted by Crippen LogP contribution is -2.36. The molecular formula is C25H24N3OP. The summed E-state index contributed by atoms with van der Waals surface area (Å²) in [6.45, 7) is 0. The average molecular weight is 413 g/mol. The Kier molecular flexibility index (Phi) is 6.20. The smallest absolute Gasteiger partial charge is 0.205 e. The maximum absolute atomic E-state index is 14.5. The highest BCUT2D eigenvalue weighted by Gasteiger charge is 2.34. The fourth-order valence-electron chi connectivity index (χ4n) is 3.54. The van der Waals surface area contributed by atoms with E-state index in [0.29, 0.717) is 0 Å². The van der Waals surface area contributed by atoms with Crippen LogP contribution in [0.3, 0.4) is 0 Å². The van der Waals surface area contributed by atoms with Crippen molar-refractivity contribution in [3.05, 3.63) is 127 Å². The average Bonchev–Trinajstić information content (AvgIpc) is 2.84. The molecule has 1 aromatic heterocycles. The quantitative estimate of drug-likeness (QED) is 0.442. The van der Waals surface area contributed by atoms with Crippen molar-refractivity contribution < 1.29 is 4.57 Å². The molecule has 0 aliphatic heterocycles. The molecule has 0 bridgehead atoms. The van der Waals surface area contributed by atoms with Crippen LogP contribution in [0.5, 0.6) is 0 Å². The molecule has 0 saturated heterocycles. The Morgan fingerprint density at radius 2 is 1.20 bits per heavy atom. The Hall–Kier alpha value is -3.04. The van der Waals surface area contributed by atoms with Crippen LogP contribution >= 0.6 is 7.29 Å². The standard InChI is InChI=1S/C25H24N3OP/c26-24(23-18-10-11-19-27-23)25(20-12-4-1-5-13-20)28-30(29,21-14-6-2-7-15-21)22-16-8-3-9-17-22/h1-19,24-25H,26H2,(H,28,29)/t24-,25-/m0/s1. The highest BCUT2D eigenvalue weighted by molar-refractivity contribution is 7.76. The SMILES string of the molecule is N[C@@H](c1ccccn1)[C@@H](NP(=O)(c1ccccc1)c1ccccc1)c1ccccc1. The Balaban J connectivity index is 1.82.